The normalized spacial score (nSPS) is 11.4. The number of urea groups is 4. The molecule has 0 atom stereocenters. The zero-order valence-electron chi connectivity index (χ0n) is 66.9. The fourth-order valence-electron chi connectivity index (χ4n) is 13.5. The minimum absolute atomic E-state index is 0.121. The first-order valence-electron chi connectivity index (χ1n) is 39.0. The molecule has 0 saturated carbocycles. The second kappa shape index (κ2) is 38.4. The summed E-state index contributed by atoms with van der Waals surface area (Å²) >= 11 is 0. The molecule has 5 aromatic carbocycles. The highest BCUT2D eigenvalue weighted by atomic mass is 16.5. The summed E-state index contributed by atoms with van der Waals surface area (Å²) in [5.74, 6) is -0.00350. The van der Waals surface area contributed by atoms with Crippen molar-refractivity contribution in [2.45, 2.75) is 47.1 Å². The van der Waals surface area contributed by atoms with Crippen LogP contribution in [-0.2, 0) is 16.1 Å². The number of fused-ring (bicyclic) bond motifs is 4. The Kier molecular flexibility index (Phi) is 25.8. The zero-order valence-corrected chi connectivity index (χ0v) is 66.9. The van der Waals surface area contributed by atoms with Gasteiger partial charge in [0.05, 0.1) is 91.3 Å². The number of esters is 1. The van der Waals surface area contributed by atoms with E-state index in [-0.39, 0.29) is 41.5 Å². The number of carbonyl (C=O) groups is 7. The Labute approximate surface area is 701 Å². The molecule has 1 aliphatic heterocycles. The number of nitrogens with zero attached hydrogens (tertiary/aromatic N) is 14. The van der Waals surface area contributed by atoms with Crippen molar-refractivity contribution in [3.8, 4) is 90.0 Å². The third-order valence-corrected chi connectivity index (χ3v) is 19.1. The van der Waals surface area contributed by atoms with Crippen molar-refractivity contribution >= 4 is 110 Å². The number of anilines is 4. The fourth-order valence-corrected chi connectivity index (χ4v) is 13.5. The number of ether oxygens (including phenoxy) is 1. The molecule has 16 aromatic rings. The van der Waals surface area contributed by atoms with Crippen LogP contribution >= 0.6 is 0 Å². The lowest BCUT2D eigenvalue weighted by atomic mass is 10.0. The van der Waals surface area contributed by atoms with E-state index in [0.717, 1.165) is 85.3 Å². The minimum atomic E-state index is -1.04. The number of carbonyl (C=O) groups excluding carboxylic acids is 6. The van der Waals surface area contributed by atoms with Gasteiger partial charge in [-0.3, -0.25) is 56.0 Å². The van der Waals surface area contributed by atoms with Gasteiger partial charge in [-0.05, 0) is 177 Å². The van der Waals surface area contributed by atoms with Crippen LogP contribution in [0.15, 0.2) is 220 Å². The van der Waals surface area contributed by atoms with Crippen molar-refractivity contribution in [1.29, 1.82) is 5.26 Å². The Morgan fingerprint density at radius 1 is 0.463 bits per heavy atom. The summed E-state index contributed by atoms with van der Waals surface area (Å²) in [6, 6.07) is 47.3. The maximum absolute atomic E-state index is 12.0. The van der Waals surface area contributed by atoms with Crippen LogP contribution in [0.2, 0.25) is 0 Å². The van der Waals surface area contributed by atoms with E-state index in [1.54, 1.807) is 84.7 Å². The van der Waals surface area contributed by atoms with Crippen molar-refractivity contribution < 1.29 is 43.4 Å². The van der Waals surface area contributed by atoms with Crippen molar-refractivity contribution in [3.63, 3.8) is 0 Å². The number of methoxy groups -OCH3 is 1. The van der Waals surface area contributed by atoms with E-state index in [4.69, 9.17) is 4.74 Å². The summed E-state index contributed by atoms with van der Waals surface area (Å²) in [5, 5.41) is 44.4. The lowest BCUT2D eigenvalue weighted by Gasteiger charge is -2.15. The number of nitrogens with one attached hydrogen (secondary N) is 12. The monoisotopic (exact) mass is 1640 g/mol. The second-order valence-electron chi connectivity index (χ2n) is 27.4. The number of benzene rings is 5. The molecule has 616 valence electrons. The third-order valence-electron chi connectivity index (χ3n) is 19.1. The molecule has 0 unspecified atom stereocenters. The Morgan fingerprint density at radius 3 is 1.27 bits per heavy atom. The Bertz CT molecular complexity index is 6590. The molecule has 0 radical (unpaired) electrons. The zero-order chi connectivity index (χ0) is 85.9. The van der Waals surface area contributed by atoms with Crippen molar-refractivity contribution in [1.82, 2.24) is 106 Å². The number of H-pyrrole nitrogens is 4. The van der Waals surface area contributed by atoms with Gasteiger partial charge in [0.1, 0.15) is 5.52 Å². The molecule has 12 heterocycles. The third kappa shape index (κ3) is 20.0. The van der Waals surface area contributed by atoms with Crippen LogP contribution in [-0.4, -0.2) is 171 Å². The number of hydrogen-bond acceptors (Lipinski definition) is 20. The van der Waals surface area contributed by atoms with E-state index in [0.29, 0.717) is 129 Å². The van der Waals surface area contributed by atoms with Gasteiger partial charge in [-0.2, -0.15) is 10.4 Å². The van der Waals surface area contributed by atoms with E-state index >= 15 is 0 Å². The first-order chi connectivity index (χ1) is 59.9. The number of rotatable bonds is 20. The maximum atomic E-state index is 12.0. The highest BCUT2D eigenvalue weighted by Crippen LogP contribution is 2.38. The van der Waals surface area contributed by atoms with E-state index < -0.39 is 11.9 Å². The van der Waals surface area contributed by atoms with Gasteiger partial charge in [0.15, 0.2) is 0 Å². The van der Waals surface area contributed by atoms with Gasteiger partial charge in [-0.25, -0.2) is 53.4 Å². The summed E-state index contributed by atoms with van der Waals surface area (Å²) in [7, 11) is 1.33. The van der Waals surface area contributed by atoms with Gasteiger partial charge >= 0.3 is 36.1 Å². The van der Waals surface area contributed by atoms with E-state index in [1.165, 1.54) is 25.4 Å². The number of imidazole rings is 4. The van der Waals surface area contributed by atoms with Crippen LogP contribution in [0.1, 0.15) is 72.4 Å². The first-order valence-corrected chi connectivity index (χ1v) is 39.0. The Balaban J connectivity index is 0.000000134. The topological polar surface area (TPSA) is 482 Å². The lowest BCUT2D eigenvalue weighted by Crippen LogP contribution is -2.28. The number of amides is 9. The molecule has 0 bridgehead atoms. The smallest absolute Gasteiger partial charge is 0.337 e. The number of carboxylic acids is 1. The molecule has 0 aliphatic carbocycles. The molecule has 35 nitrogen and oxygen atoms in total. The molecule has 11 aromatic heterocycles. The average molecular weight is 1650 g/mol. The number of carboxylic acid groups (broad SMARTS) is 1. The number of hydrogen-bond donors (Lipinski definition) is 13. The summed E-state index contributed by atoms with van der Waals surface area (Å²) in [6.45, 7) is 10.8. The number of likely N-dealkylation sites (tertiary alicyclic amines) is 1. The minimum Gasteiger partial charge on any atom is -0.478 e. The molecule has 9 amide bonds. The van der Waals surface area contributed by atoms with Gasteiger partial charge in [-0.15, -0.1) is 0 Å². The van der Waals surface area contributed by atoms with Crippen LogP contribution in [0, 0.1) is 11.3 Å². The molecule has 13 N–H and O–H groups in total. The van der Waals surface area contributed by atoms with Gasteiger partial charge in [-0.1, -0.05) is 42.5 Å². The van der Waals surface area contributed by atoms with E-state index in [9.17, 15) is 43.9 Å². The molecule has 0 spiro atoms. The highest BCUT2D eigenvalue weighted by molar-refractivity contribution is 6.03. The molecule has 1 aliphatic rings. The van der Waals surface area contributed by atoms with Crippen LogP contribution in [0.25, 0.3) is 128 Å². The van der Waals surface area contributed by atoms with Crippen LogP contribution in [0.5, 0.6) is 0 Å². The summed E-state index contributed by atoms with van der Waals surface area (Å²) in [5.41, 5.74) is 19.4. The molecular formula is C88H80N26O9. The standard InChI is InChI=1S/C24H25N7O2.C22H20N6O3.C21H17N7O.C21H18N6O3/c1-2-25-24(33)29-23-27-19-13-18(14-20(22(19)28-23)31-12-4-10-26-31)17-8-6-16(7-9-17)15-30-11-3-5-21(30)32;1-3-24-22(30)28-21-26-18-11-15(14-5-4-7-23-12-14)9-16(19(18)27-21)17-10-13(6-8-25-17)20(29)31-2;1-2-24-21(29)28-20-26-18-10-15(14-4-3-6-23-12-14)9-16(19(18)27-20)17-8-13(11-22)5-7-25-17;1-2-23-21(30)27-20-25-17-10-14(13-4-3-6-22-11-13)8-15(18(17)26-20)16-9-12(19(28)29)5-7-24-16/h4,6-10,12-14H,2-3,5,11,15H2,1H3,(H3,25,27,28,29,33);4-12H,3H2,1-2H3,(H3,24,26,27,28,30);3-10,12H,2H2,1H3,(H3,24,26,27,28,29);3-11H,2H2,1H3,(H,28,29)(H3,23,25,26,27,30). The van der Waals surface area contributed by atoms with E-state index in [2.05, 4.69) is 148 Å². The molecule has 123 heavy (non-hydrogen) atoms. The van der Waals surface area contributed by atoms with Crippen LogP contribution < -0.4 is 42.5 Å². The van der Waals surface area contributed by atoms with Gasteiger partial charge in [0.25, 0.3) is 0 Å². The first kappa shape index (κ1) is 82.6. The van der Waals surface area contributed by atoms with Gasteiger partial charge in [0.2, 0.25) is 29.7 Å². The van der Waals surface area contributed by atoms with Crippen LogP contribution in [0.4, 0.5) is 43.0 Å². The number of aromatic amines is 4. The molecular weight excluding hydrogens is 1570 g/mol. The largest absolute Gasteiger partial charge is 0.478 e. The molecule has 35 heteroatoms. The number of nitriles is 1. The molecule has 17 rings (SSSR count). The summed E-state index contributed by atoms with van der Waals surface area (Å²) in [6.07, 6.45) is 20.1. The number of aromatic carboxylic acids is 1. The second-order valence-corrected chi connectivity index (χ2v) is 27.4. The van der Waals surface area contributed by atoms with Crippen LogP contribution in [0.3, 0.4) is 0 Å². The van der Waals surface area contributed by atoms with Crippen molar-refractivity contribution in [2.75, 3.05) is 61.1 Å². The van der Waals surface area contributed by atoms with Crippen molar-refractivity contribution in [2.24, 2.45) is 0 Å². The van der Waals surface area contributed by atoms with Gasteiger partial charge < -0.3 is 55.9 Å². The average Bonchev–Trinajstić information content (AvgIpc) is 1.69. The Hall–Kier alpha value is -16.9. The summed E-state index contributed by atoms with van der Waals surface area (Å²) < 4.78 is 6.59. The number of pyridine rings is 6. The van der Waals surface area contributed by atoms with Gasteiger partial charge in [0, 0.05) is 147 Å². The highest BCUT2D eigenvalue weighted by Gasteiger charge is 2.24. The van der Waals surface area contributed by atoms with Crippen molar-refractivity contribution in [3.05, 3.63) is 242 Å². The maximum Gasteiger partial charge on any atom is 0.337 e. The summed E-state index contributed by atoms with van der Waals surface area (Å²) in [4.78, 5) is 141. The molecule has 1 saturated heterocycles. The predicted molar refractivity (Wildman–Crippen MR) is 465 cm³/mol. The van der Waals surface area contributed by atoms with E-state index in [1.807, 2.05) is 130 Å². The quantitative estimate of drug-likeness (QED) is 0.0315. The Morgan fingerprint density at radius 2 is 0.878 bits per heavy atom. The fraction of sp³-hybridized carbons (Fsp3) is 0.148. The lowest BCUT2D eigenvalue weighted by molar-refractivity contribution is -0.128. The number of aromatic nitrogens is 16. The predicted octanol–water partition coefficient (Wildman–Crippen LogP) is 14.5. The molecule has 1 fully saturated rings. The SMILES string of the molecule is CCNC(=O)Nc1nc2c(-c3cc(C#N)ccn3)cc(-c3cccnc3)cc2[nH]1.CCNC(=O)Nc1nc2c(-c3cc(C(=O)O)ccn3)cc(-c3cccnc3)cc2[nH]1.CCNC(=O)Nc1nc2c(-c3cc(C(=O)OC)ccn3)cc(-c3cccnc3)cc2[nH]1.CCNC(=O)Nc1nc2c(-n3cccn3)cc(-c3ccc(CN4CCCC4=O)cc3)cc2[nH]1.